The molecule has 0 spiro atoms. The second-order valence-electron chi connectivity index (χ2n) is 7.09. The molecule has 1 fully saturated rings. The van der Waals surface area contributed by atoms with Crippen LogP contribution < -0.4 is 5.32 Å². The first kappa shape index (κ1) is 22.8. The number of aryl methyl sites for hydroxylation is 1. The van der Waals surface area contributed by atoms with Gasteiger partial charge in [-0.2, -0.15) is 9.57 Å². The Morgan fingerprint density at radius 2 is 1.86 bits per heavy atom. The van der Waals surface area contributed by atoms with Crippen LogP contribution >= 0.6 is 0 Å². The lowest BCUT2D eigenvalue weighted by Gasteiger charge is -2.22. The normalized spacial score (nSPS) is 15.7. The minimum atomic E-state index is -3.72. The molecule has 1 N–H and O–H groups in total. The Labute approximate surface area is 171 Å². The molecule has 0 unspecified atom stereocenters. The van der Waals surface area contributed by atoms with Crippen molar-refractivity contribution in [3.8, 4) is 6.07 Å². The Balaban J connectivity index is 2.11. The van der Waals surface area contributed by atoms with Crippen molar-refractivity contribution < 1.29 is 22.7 Å². The number of esters is 1. The summed E-state index contributed by atoms with van der Waals surface area (Å²) in [5.41, 5.74) is -0.267. The first-order valence-corrected chi connectivity index (χ1v) is 11.1. The number of carbonyl (C=O) groups excluding carboxylic acids is 2. The predicted octanol–water partition coefficient (Wildman–Crippen LogP) is 2.13. The number of amides is 1. The molecular weight excluding hydrogens is 394 g/mol. The number of rotatable bonds is 8. The monoisotopic (exact) mass is 421 g/mol. The van der Waals surface area contributed by atoms with Gasteiger partial charge >= 0.3 is 5.97 Å². The fourth-order valence-corrected chi connectivity index (χ4v) is 4.93. The van der Waals surface area contributed by atoms with Crippen LogP contribution in [0.25, 0.3) is 0 Å². The number of nitrogens with one attached hydrogen (secondary N) is 1. The van der Waals surface area contributed by atoms with E-state index < -0.39 is 34.0 Å². The summed E-state index contributed by atoms with van der Waals surface area (Å²) in [6, 6.07) is 6.40. The second kappa shape index (κ2) is 9.37. The molecule has 0 saturated heterocycles. The van der Waals surface area contributed by atoms with E-state index in [1.165, 1.54) is 22.5 Å². The first-order chi connectivity index (χ1) is 13.7. The van der Waals surface area contributed by atoms with Crippen molar-refractivity contribution in [3.63, 3.8) is 0 Å². The van der Waals surface area contributed by atoms with Gasteiger partial charge in [0.25, 0.3) is 5.91 Å². The van der Waals surface area contributed by atoms with Crippen molar-refractivity contribution in [1.82, 2.24) is 9.62 Å². The maximum absolute atomic E-state index is 12.7. The molecule has 0 aromatic heterocycles. The Bertz CT molecular complexity index is 911. The highest BCUT2D eigenvalue weighted by Gasteiger charge is 2.35. The predicted molar refractivity (Wildman–Crippen MR) is 107 cm³/mol. The Morgan fingerprint density at radius 1 is 1.24 bits per heavy atom. The molecule has 2 rings (SSSR count). The van der Waals surface area contributed by atoms with Gasteiger partial charge < -0.3 is 10.1 Å². The highest BCUT2D eigenvalue weighted by atomic mass is 32.2. The van der Waals surface area contributed by atoms with Gasteiger partial charge in [-0.3, -0.25) is 4.79 Å². The maximum Gasteiger partial charge on any atom is 0.338 e. The smallest absolute Gasteiger partial charge is 0.338 e. The molecule has 8 nitrogen and oxygen atoms in total. The van der Waals surface area contributed by atoms with E-state index in [9.17, 15) is 23.3 Å². The van der Waals surface area contributed by atoms with E-state index in [0.717, 1.165) is 12.8 Å². The second-order valence-corrected chi connectivity index (χ2v) is 9.03. The fraction of sp³-hybridized carbons (Fsp3) is 0.550. The van der Waals surface area contributed by atoms with Crippen LogP contribution in [0.3, 0.4) is 0 Å². The molecule has 29 heavy (non-hydrogen) atoms. The number of hydrogen-bond acceptors (Lipinski definition) is 6. The third kappa shape index (κ3) is 5.14. The lowest BCUT2D eigenvalue weighted by molar-refractivity contribution is -0.125. The highest BCUT2D eigenvalue weighted by molar-refractivity contribution is 7.89. The quantitative estimate of drug-likeness (QED) is 0.643. The van der Waals surface area contributed by atoms with Crippen LogP contribution in [0.1, 0.15) is 55.5 Å². The Morgan fingerprint density at radius 3 is 2.41 bits per heavy atom. The van der Waals surface area contributed by atoms with Crippen LogP contribution in [0.15, 0.2) is 23.1 Å². The van der Waals surface area contributed by atoms with Crippen molar-refractivity contribution in [1.29, 1.82) is 5.26 Å². The van der Waals surface area contributed by atoms with Crippen LogP contribution in [0.2, 0.25) is 0 Å². The summed E-state index contributed by atoms with van der Waals surface area (Å²) in [6.07, 6.45) is 2.88. The standard InChI is InChI=1S/C20H27N3O5S/c1-4-23(5-2)29(26,27)16-9-8-15(3)17(12-16)19(25)28-13-18(24)22-20(14-21)10-6-7-11-20/h8-9,12H,4-7,10-11,13H2,1-3H3,(H,22,24). The number of hydrogen-bond donors (Lipinski definition) is 1. The van der Waals surface area contributed by atoms with E-state index in [-0.39, 0.29) is 10.5 Å². The zero-order chi connectivity index (χ0) is 21.7. The summed E-state index contributed by atoms with van der Waals surface area (Å²) in [6.45, 7) is 5.23. The summed E-state index contributed by atoms with van der Waals surface area (Å²) in [7, 11) is -3.72. The first-order valence-electron chi connectivity index (χ1n) is 9.69. The molecule has 0 heterocycles. The van der Waals surface area contributed by atoms with Crippen molar-refractivity contribution in [2.75, 3.05) is 19.7 Å². The molecule has 158 valence electrons. The topological polar surface area (TPSA) is 117 Å². The van der Waals surface area contributed by atoms with Crippen LogP contribution in [-0.2, 0) is 19.6 Å². The van der Waals surface area contributed by atoms with Crippen molar-refractivity contribution in [2.24, 2.45) is 0 Å². The summed E-state index contributed by atoms with van der Waals surface area (Å²) in [5.74, 6) is -1.34. The van der Waals surface area contributed by atoms with Gasteiger partial charge in [-0.15, -0.1) is 0 Å². The molecule has 1 aliphatic rings. The van der Waals surface area contributed by atoms with Crippen LogP contribution in [-0.4, -0.2) is 49.8 Å². The van der Waals surface area contributed by atoms with E-state index in [0.29, 0.717) is 31.5 Å². The van der Waals surface area contributed by atoms with Crippen molar-refractivity contribution in [3.05, 3.63) is 29.3 Å². The molecule has 0 bridgehead atoms. The van der Waals surface area contributed by atoms with Crippen LogP contribution in [0.5, 0.6) is 0 Å². The van der Waals surface area contributed by atoms with E-state index in [1.54, 1.807) is 20.8 Å². The summed E-state index contributed by atoms with van der Waals surface area (Å²) >= 11 is 0. The van der Waals surface area contributed by atoms with E-state index in [2.05, 4.69) is 11.4 Å². The third-order valence-corrected chi connectivity index (χ3v) is 7.20. The molecule has 1 aromatic rings. The number of carbonyl (C=O) groups is 2. The summed E-state index contributed by atoms with van der Waals surface area (Å²) in [5, 5.41) is 12.0. The van der Waals surface area contributed by atoms with Gasteiger partial charge in [-0.05, 0) is 50.3 Å². The average molecular weight is 422 g/mol. The van der Waals surface area contributed by atoms with Gasteiger partial charge in [-0.25, -0.2) is 13.2 Å². The molecule has 0 atom stereocenters. The molecule has 9 heteroatoms. The van der Waals surface area contributed by atoms with Gasteiger partial charge in [0.05, 0.1) is 16.5 Å². The van der Waals surface area contributed by atoms with Gasteiger partial charge in [0.1, 0.15) is 5.54 Å². The molecule has 1 saturated carbocycles. The fourth-order valence-electron chi connectivity index (χ4n) is 3.45. The van der Waals surface area contributed by atoms with Gasteiger partial charge in [0, 0.05) is 13.1 Å². The minimum absolute atomic E-state index is 0.00223. The Hall–Kier alpha value is -2.44. The zero-order valence-electron chi connectivity index (χ0n) is 17.0. The van der Waals surface area contributed by atoms with Gasteiger partial charge in [-0.1, -0.05) is 19.9 Å². The summed E-state index contributed by atoms with van der Waals surface area (Å²) < 4.78 is 31.8. The number of nitrogens with zero attached hydrogens (tertiary/aromatic N) is 2. The molecule has 0 radical (unpaired) electrons. The van der Waals surface area contributed by atoms with Gasteiger partial charge in [0.15, 0.2) is 6.61 Å². The largest absolute Gasteiger partial charge is 0.452 e. The molecule has 0 aliphatic heterocycles. The lowest BCUT2D eigenvalue weighted by atomic mass is 10.00. The Kier molecular flexibility index (Phi) is 7.38. The zero-order valence-corrected chi connectivity index (χ0v) is 17.8. The van der Waals surface area contributed by atoms with Gasteiger partial charge in [0.2, 0.25) is 10.0 Å². The highest BCUT2D eigenvalue weighted by Crippen LogP contribution is 2.28. The van der Waals surface area contributed by atoms with E-state index in [1.807, 2.05) is 0 Å². The molecule has 1 amide bonds. The third-order valence-electron chi connectivity index (χ3n) is 5.16. The number of sulfonamides is 1. The van der Waals surface area contributed by atoms with Crippen molar-refractivity contribution in [2.45, 2.75) is 56.9 Å². The minimum Gasteiger partial charge on any atom is -0.452 e. The number of ether oxygens (including phenoxy) is 1. The molecule has 1 aromatic carbocycles. The molecule has 1 aliphatic carbocycles. The number of nitriles is 1. The SMILES string of the molecule is CCN(CC)S(=O)(=O)c1ccc(C)c(C(=O)OCC(=O)NC2(C#N)CCCC2)c1. The van der Waals surface area contributed by atoms with Crippen LogP contribution in [0.4, 0.5) is 0 Å². The maximum atomic E-state index is 12.7. The summed E-state index contributed by atoms with van der Waals surface area (Å²) in [4.78, 5) is 24.6. The molecular formula is C20H27N3O5S. The lowest BCUT2D eigenvalue weighted by Crippen LogP contribution is -2.46. The number of benzene rings is 1. The van der Waals surface area contributed by atoms with E-state index in [4.69, 9.17) is 4.74 Å². The van der Waals surface area contributed by atoms with Crippen molar-refractivity contribution >= 4 is 21.9 Å². The van der Waals surface area contributed by atoms with E-state index >= 15 is 0 Å². The average Bonchev–Trinajstić information content (AvgIpc) is 3.16. The van der Waals surface area contributed by atoms with Crippen LogP contribution in [0, 0.1) is 18.3 Å².